The topological polar surface area (TPSA) is 69.4 Å². The van der Waals surface area contributed by atoms with Crippen molar-refractivity contribution in [3.05, 3.63) is 73.7 Å². The lowest BCUT2D eigenvalue weighted by molar-refractivity contribution is -0.385. The van der Waals surface area contributed by atoms with E-state index in [-0.39, 0.29) is 17.6 Å². The summed E-state index contributed by atoms with van der Waals surface area (Å²) in [6.45, 7) is 3.88. The molecule has 0 saturated carbocycles. The summed E-state index contributed by atoms with van der Waals surface area (Å²) in [5, 5.41) is 11.6. The Kier molecular flexibility index (Phi) is 5.23. The summed E-state index contributed by atoms with van der Waals surface area (Å²) in [6, 6.07) is 12.7. The lowest BCUT2D eigenvalue weighted by Crippen LogP contribution is -2.22. The van der Waals surface area contributed by atoms with Gasteiger partial charge in [0.1, 0.15) is 0 Å². The summed E-state index contributed by atoms with van der Waals surface area (Å²) in [4.78, 5) is 23.6. The number of hydrogen-bond donors (Lipinski definition) is 0. The first-order chi connectivity index (χ1) is 12.4. The minimum absolute atomic E-state index is 0.0134. The number of nitro benzene ring substituents is 1. The number of ether oxygens (including phenoxy) is 1. The van der Waals surface area contributed by atoms with Gasteiger partial charge in [-0.2, -0.15) is 0 Å². The Bertz CT molecular complexity index is 906. The van der Waals surface area contributed by atoms with Crippen LogP contribution in [0.5, 0.6) is 0 Å². The van der Waals surface area contributed by atoms with Gasteiger partial charge in [0.05, 0.1) is 23.0 Å². The number of esters is 1. The van der Waals surface area contributed by atoms with Crippen molar-refractivity contribution in [3.63, 3.8) is 0 Å². The predicted octanol–water partition coefficient (Wildman–Crippen LogP) is 5.19. The summed E-state index contributed by atoms with van der Waals surface area (Å²) in [7, 11) is 0. The van der Waals surface area contributed by atoms with Crippen molar-refractivity contribution in [1.29, 1.82) is 0 Å². The molecule has 26 heavy (non-hydrogen) atoms. The highest BCUT2D eigenvalue weighted by molar-refractivity contribution is 9.10. The molecular formula is C20H18BrNO4. The molecule has 0 heterocycles. The lowest BCUT2D eigenvalue weighted by Gasteiger charge is -2.23. The Labute approximate surface area is 160 Å². The molecule has 0 fully saturated rings. The quantitative estimate of drug-likeness (QED) is 0.382. The highest BCUT2D eigenvalue weighted by Gasteiger charge is 2.37. The van der Waals surface area contributed by atoms with E-state index in [0.29, 0.717) is 16.6 Å². The summed E-state index contributed by atoms with van der Waals surface area (Å²) in [5.41, 5.74) is 3.27. The van der Waals surface area contributed by atoms with Crippen molar-refractivity contribution in [2.75, 3.05) is 6.61 Å². The third-order valence-electron chi connectivity index (χ3n) is 4.60. The molecule has 0 N–H and O–H groups in total. The van der Waals surface area contributed by atoms with Crippen LogP contribution in [0.15, 0.2) is 46.9 Å². The molecule has 1 aliphatic rings. The van der Waals surface area contributed by atoms with E-state index in [4.69, 9.17) is 4.74 Å². The average molecular weight is 416 g/mol. The molecule has 2 unspecified atom stereocenters. The molecule has 134 valence electrons. The van der Waals surface area contributed by atoms with Crippen LogP contribution in [0, 0.1) is 16.0 Å². The Morgan fingerprint density at radius 2 is 2.04 bits per heavy atom. The van der Waals surface area contributed by atoms with E-state index >= 15 is 0 Å². The number of nitrogens with zero attached hydrogens (tertiary/aromatic N) is 1. The van der Waals surface area contributed by atoms with E-state index < -0.39 is 10.8 Å². The van der Waals surface area contributed by atoms with Crippen LogP contribution in [0.1, 0.15) is 36.5 Å². The first-order valence-electron chi connectivity index (χ1n) is 8.35. The number of carbonyl (C=O) groups excluding carboxylic acids is 1. The number of allylic oxidation sites excluding steroid dienone is 1. The van der Waals surface area contributed by atoms with Gasteiger partial charge in [0.15, 0.2) is 0 Å². The van der Waals surface area contributed by atoms with Crippen LogP contribution in [-0.4, -0.2) is 17.5 Å². The van der Waals surface area contributed by atoms with Gasteiger partial charge in [-0.25, -0.2) is 0 Å². The maximum absolute atomic E-state index is 12.4. The molecule has 1 aliphatic carbocycles. The van der Waals surface area contributed by atoms with Gasteiger partial charge < -0.3 is 4.74 Å². The Balaban J connectivity index is 2.14. The van der Waals surface area contributed by atoms with E-state index in [1.807, 2.05) is 37.3 Å². The minimum atomic E-state index is -0.451. The number of benzene rings is 2. The number of nitro groups is 1. The van der Waals surface area contributed by atoms with Gasteiger partial charge in [0.25, 0.3) is 5.69 Å². The van der Waals surface area contributed by atoms with Crippen LogP contribution in [0.4, 0.5) is 5.69 Å². The normalized spacial score (nSPS) is 16.6. The smallest absolute Gasteiger partial charge is 0.309 e. The molecule has 0 amide bonds. The van der Waals surface area contributed by atoms with Gasteiger partial charge in [0.2, 0.25) is 0 Å². The van der Waals surface area contributed by atoms with Crippen LogP contribution in [0.3, 0.4) is 0 Å². The summed E-state index contributed by atoms with van der Waals surface area (Å²) >= 11 is 3.29. The van der Waals surface area contributed by atoms with Crippen molar-refractivity contribution in [1.82, 2.24) is 0 Å². The molecular weight excluding hydrogens is 398 g/mol. The van der Waals surface area contributed by atoms with Gasteiger partial charge in [-0.1, -0.05) is 47.1 Å². The van der Waals surface area contributed by atoms with Crippen LogP contribution in [-0.2, 0) is 9.53 Å². The highest BCUT2D eigenvalue weighted by atomic mass is 79.9. The monoisotopic (exact) mass is 415 g/mol. The second-order valence-corrected chi connectivity index (χ2v) is 7.08. The number of fused-ring (bicyclic) bond motifs is 1. The molecule has 5 nitrogen and oxygen atoms in total. The number of rotatable bonds is 5. The van der Waals surface area contributed by atoms with Gasteiger partial charge in [-0.15, -0.1) is 0 Å². The fraction of sp³-hybridized carbons (Fsp3) is 0.250. The second-order valence-electron chi connectivity index (χ2n) is 6.17. The van der Waals surface area contributed by atoms with Crippen molar-refractivity contribution in [3.8, 4) is 0 Å². The van der Waals surface area contributed by atoms with Crippen LogP contribution < -0.4 is 0 Å². The molecule has 3 rings (SSSR count). The summed E-state index contributed by atoms with van der Waals surface area (Å²) in [6.07, 6.45) is 1.94. The molecule has 2 aromatic carbocycles. The molecule has 0 bridgehead atoms. The van der Waals surface area contributed by atoms with Crippen LogP contribution >= 0.6 is 15.9 Å². The molecule has 0 aliphatic heterocycles. The maximum Gasteiger partial charge on any atom is 0.309 e. The minimum Gasteiger partial charge on any atom is -0.466 e. The lowest BCUT2D eigenvalue weighted by atomic mass is 9.81. The van der Waals surface area contributed by atoms with Crippen LogP contribution in [0.25, 0.3) is 11.6 Å². The Morgan fingerprint density at radius 1 is 1.31 bits per heavy atom. The van der Waals surface area contributed by atoms with Crippen molar-refractivity contribution in [2.45, 2.75) is 19.8 Å². The predicted molar refractivity (Wildman–Crippen MR) is 104 cm³/mol. The molecule has 6 heteroatoms. The zero-order chi connectivity index (χ0) is 18.8. The molecule has 2 aromatic rings. The maximum atomic E-state index is 12.4. The Hall–Kier alpha value is -2.47. The number of hydrogen-bond acceptors (Lipinski definition) is 4. The molecule has 2 atom stereocenters. The standard InChI is InChI=1S/C20H18BrNO4/c1-3-26-20(23)12(2)19-15-7-5-4-6-13(15)10-17(19)16-9-8-14(21)11-18(16)22(24)25/h4-12,19H,3H2,1-2H3. The fourth-order valence-corrected chi connectivity index (χ4v) is 3.79. The van der Waals surface area contributed by atoms with E-state index in [1.54, 1.807) is 19.1 Å². The van der Waals surface area contributed by atoms with Gasteiger partial charge in [0, 0.05) is 16.5 Å². The number of carbonyl (C=O) groups is 1. The highest BCUT2D eigenvalue weighted by Crippen LogP contribution is 2.48. The van der Waals surface area contributed by atoms with Crippen LogP contribution in [0.2, 0.25) is 0 Å². The molecule has 0 saturated heterocycles. The molecule has 0 spiro atoms. The van der Waals surface area contributed by atoms with E-state index in [0.717, 1.165) is 16.7 Å². The number of halogens is 1. The van der Waals surface area contributed by atoms with Crippen molar-refractivity contribution in [2.24, 2.45) is 5.92 Å². The van der Waals surface area contributed by atoms with E-state index in [9.17, 15) is 14.9 Å². The third kappa shape index (κ3) is 3.29. The first-order valence-corrected chi connectivity index (χ1v) is 9.14. The summed E-state index contributed by atoms with van der Waals surface area (Å²) < 4.78 is 5.84. The SMILES string of the molecule is CCOC(=O)C(C)C1C(c2ccc(Br)cc2[N+](=O)[O-])=Cc2ccccc21. The fourth-order valence-electron chi connectivity index (χ4n) is 3.44. The zero-order valence-electron chi connectivity index (χ0n) is 14.4. The van der Waals surface area contributed by atoms with E-state index in [2.05, 4.69) is 15.9 Å². The van der Waals surface area contributed by atoms with Gasteiger partial charge in [-0.05, 0) is 41.8 Å². The van der Waals surface area contributed by atoms with E-state index in [1.165, 1.54) is 6.07 Å². The second kappa shape index (κ2) is 7.41. The van der Waals surface area contributed by atoms with Gasteiger partial charge >= 0.3 is 5.97 Å². The van der Waals surface area contributed by atoms with Gasteiger partial charge in [-0.3, -0.25) is 14.9 Å². The van der Waals surface area contributed by atoms with Crippen molar-refractivity contribution < 1.29 is 14.5 Å². The largest absolute Gasteiger partial charge is 0.466 e. The Morgan fingerprint density at radius 3 is 2.73 bits per heavy atom. The average Bonchev–Trinajstić information content (AvgIpc) is 3.00. The molecule has 0 radical (unpaired) electrons. The zero-order valence-corrected chi connectivity index (χ0v) is 16.0. The third-order valence-corrected chi connectivity index (χ3v) is 5.10. The van der Waals surface area contributed by atoms with Crippen molar-refractivity contribution >= 4 is 39.2 Å². The first kappa shape index (κ1) is 18.3. The summed E-state index contributed by atoms with van der Waals surface area (Å²) in [5.74, 6) is -1.04. The molecule has 0 aromatic heterocycles.